The van der Waals surface area contributed by atoms with Crippen LogP contribution in [-0.2, 0) is 11.2 Å². The smallest absolute Gasteiger partial charge is 0.140 e. The molecule has 1 aromatic carbocycles. The Balaban J connectivity index is 2.00. The Hall–Kier alpha value is -0.530. The monoisotopic (exact) mass is 284 g/mol. The Morgan fingerprint density at radius 2 is 2.06 bits per heavy atom. The summed E-state index contributed by atoms with van der Waals surface area (Å²) in [5.74, 6) is 1.27. The van der Waals surface area contributed by atoms with Gasteiger partial charge >= 0.3 is 0 Å². The zero-order chi connectivity index (χ0) is 13.1. The molecule has 2 rings (SSSR count). The van der Waals surface area contributed by atoms with E-state index in [1.54, 1.807) is 12.1 Å². The average Bonchev–Trinajstić information content (AvgIpc) is 2.34. The summed E-state index contributed by atoms with van der Waals surface area (Å²) in [7, 11) is 0. The maximum absolute atomic E-state index is 12.2. The predicted octanol–water partition coefficient (Wildman–Crippen LogP) is 4.93. The van der Waals surface area contributed by atoms with Crippen LogP contribution in [0.15, 0.2) is 18.2 Å². The SMILES string of the molecule is CC1CCCC(C(=O)Cc2ccc(Cl)c(Cl)c2)C1. The summed E-state index contributed by atoms with van der Waals surface area (Å²) in [6, 6.07) is 5.45. The summed E-state index contributed by atoms with van der Waals surface area (Å²) in [6.07, 6.45) is 5.01. The molecular weight excluding hydrogens is 267 g/mol. The fourth-order valence-corrected chi connectivity index (χ4v) is 3.04. The van der Waals surface area contributed by atoms with E-state index in [2.05, 4.69) is 6.92 Å². The average molecular weight is 285 g/mol. The molecule has 1 saturated carbocycles. The molecule has 1 aliphatic carbocycles. The van der Waals surface area contributed by atoms with Gasteiger partial charge in [0.15, 0.2) is 0 Å². The van der Waals surface area contributed by atoms with E-state index < -0.39 is 0 Å². The third kappa shape index (κ3) is 3.49. The normalized spacial score (nSPS) is 23.9. The van der Waals surface area contributed by atoms with E-state index in [4.69, 9.17) is 23.2 Å². The van der Waals surface area contributed by atoms with Crippen molar-refractivity contribution >= 4 is 29.0 Å². The van der Waals surface area contributed by atoms with E-state index in [1.807, 2.05) is 6.07 Å². The van der Waals surface area contributed by atoms with Gasteiger partial charge in [-0.3, -0.25) is 4.79 Å². The van der Waals surface area contributed by atoms with E-state index in [0.29, 0.717) is 28.2 Å². The lowest BCUT2D eigenvalue weighted by molar-refractivity contribution is -0.123. The van der Waals surface area contributed by atoms with Gasteiger partial charge < -0.3 is 0 Å². The molecule has 0 saturated heterocycles. The van der Waals surface area contributed by atoms with Crippen LogP contribution in [-0.4, -0.2) is 5.78 Å². The molecule has 0 bridgehead atoms. The van der Waals surface area contributed by atoms with Crippen molar-refractivity contribution in [2.45, 2.75) is 39.0 Å². The standard InChI is InChI=1S/C15H18Cl2O/c1-10-3-2-4-12(7-10)15(18)9-11-5-6-13(16)14(17)8-11/h5-6,8,10,12H,2-4,7,9H2,1H3. The van der Waals surface area contributed by atoms with E-state index in [9.17, 15) is 4.79 Å². The predicted molar refractivity (Wildman–Crippen MR) is 76.3 cm³/mol. The van der Waals surface area contributed by atoms with Crippen LogP contribution in [0.2, 0.25) is 10.0 Å². The molecule has 2 atom stereocenters. The Bertz CT molecular complexity index is 442. The summed E-state index contributed by atoms with van der Waals surface area (Å²) in [4.78, 5) is 12.2. The van der Waals surface area contributed by atoms with Crippen LogP contribution in [0.25, 0.3) is 0 Å². The van der Waals surface area contributed by atoms with E-state index >= 15 is 0 Å². The molecule has 0 heterocycles. The van der Waals surface area contributed by atoms with Crippen LogP contribution in [0.5, 0.6) is 0 Å². The summed E-state index contributed by atoms with van der Waals surface area (Å²) in [5, 5.41) is 1.07. The first-order chi connectivity index (χ1) is 8.56. The number of benzene rings is 1. The lowest BCUT2D eigenvalue weighted by atomic mass is 9.79. The summed E-state index contributed by atoms with van der Waals surface area (Å²) in [6.45, 7) is 2.23. The van der Waals surface area contributed by atoms with E-state index in [0.717, 1.165) is 18.4 Å². The maximum atomic E-state index is 12.2. The van der Waals surface area contributed by atoms with Crippen molar-refractivity contribution in [1.29, 1.82) is 0 Å². The lowest BCUT2D eigenvalue weighted by Crippen LogP contribution is -2.23. The van der Waals surface area contributed by atoms with Crippen molar-refractivity contribution in [1.82, 2.24) is 0 Å². The molecule has 0 N–H and O–H groups in total. The highest BCUT2D eigenvalue weighted by molar-refractivity contribution is 6.42. The molecule has 0 radical (unpaired) electrons. The van der Waals surface area contributed by atoms with Gasteiger partial charge in [-0.1, -0.05) is 49.0 Å². The Kier molecular flexibility index (Phi) is 4.69. The molecule has 0 spiro atoms. The number of carbonyl (C=O) groups excluding carboxylic acids is 1. The van der Waals surface area contributed by atoms with Crippen LogP contribution < -0.4 is 0 Å². The second-order valence-electron chi connectivity index (χ2n) is 5.36. The quantitative estimate of drug-likeness (QED) is 0.769. The first kappa shape index (κ1) is 13.9. The highest BCUT2D eigenvalue weighted by atomic mass is 35.5. The molecule has 0 aromatic heterocycles. The van der Waals surface area contributed by atoms with Gasteiger partial charge in [0.1, 0.15) is 5.78 Å². The molecule has 18 heavy (non-hydrogen) atoms. The Morgan fingerprint density at radius 1 is 1.28 bits per heavy atom. The van der Waals surface area contributed by atoms with Crippen molar-refractivity contribution in [3.05, 3.63) is 33.8 Å². The first-order valence-electron chi connectivity index (χ1n) is 6.53. The molecule has 0 aliphatic heterocycles. The van der Waals surface area contributed by atoms with Gasteiger partial charge in [0, 0.05) is 12.3 Å². The van der Waals surface area contributed by atoms with Gasteiger partial charge in [0.2, 0.25) is 0 Å². The number of hydrogen-bond donors (Lipinski definition) is 0. The number of ketones is 1. The topological polar surface area (TPSA) is 17.1 Å². The minimum absolute atomic E-state index is 0.239. The van der Waals surface area contributed by atoms with Crippen LogP contribution in [0.3, 0.4) is 0 Å². The third-order valence-corrected chi connectivity index (χ3v) is 4.49. The zero-order valence-corrected chi connectivity index (χ0v) is 12.1. The van der Waals surface area contributed by atoms with Crippen LogP contribution >= 0.6 is 23.2 Å². The lowest BCUT2D eigenvalue weighted by Gasteiger charge is -2.25. The van der Waals surface area contributed by atoms with Gasteiger partial charge in [-0.25, -0.2) is 0 Å². The van der Waals surface area contributed by atoms with Crippen LogP contribution in [0.1, 0.15) is 38.2 Å². The van der Waals surface area contributed by atoms with Crippen molar-refractivity contribution in [3.8, 4) is 0 Å². The van der Waals surface area contributed by atoms with Crippen molar-refractivity contribution in [2.75, 3.05) is 0 Å². The van der Waals surface area contributed by atoms with Gasteiger partial charge in [-0.15, -0.1) is 0 Å². The number of rotatable bonds is 3. The highest BCUT2D eigenvalue weighted by Gasteiger charge is 2.24. The van der Waals surface area contributed by atoms with Crippen LogP contribution in [0.4, 0.5) is 0 Å². The van der Waals surface area contributed by atoms with Gasteiger partial charge in [-0.2, -0.15) is 0 Å². The number of hydrogen-bond acceptors (Lipinski definition) is 1. The second-order valence-corrected chi connectivity index (χ2v) is 6.17. The minimum Gasteiger partial charge on any atom is -0.299 e. The molecule has 98 valence electrons. The Morgan fingerprint density at radius 3 is 2.72 bits per heavy atom. The fraction of sp³-hybridized carbons (Fsp3) is 0.533. The number of halogens is 2. The molecule has 1 aliphatic rings. The molecule has 1 nitrogen and oxygen atoms in total. The second kappa shape index (κ2) is 6.08. The zero-order valence-electron chi connectivity index (χ0n) is 10.6. The summed E-state index contributed by atoms with van der Waals surface area (Å²) in [5.41, 5.74) is 0.965. The maximum Gasteiger partial charge on any atom is 0.140 e. The van der Waals surface area contributed by atoms with Crippen LogP contribution in [0, 0.1) is 11.8 Å². The third-order valence-electron chi connectivity index (χ3n) is 3.75. The minimum atomic E-state index is 0.239. The van der Waals surface area contributed by atoms with Gasteiger partial charge in [-0.05, 0) is 36.5 Å². The first-order valence-corrected chi connectivity index (χ1v) is 7.28. The molecule has 0 amide bonds. The summed E-state index contributed by atoms with van der Waals surface area (Å²) < 4.78 is 0. The molecule has 2 unspecified atom stereocenters. The molecule has 1 fully saturated rings. The molecule has 3 heteroatoms. The van der Waals surface area contributed by atoms with Crippen molar-refractivity contribution < 1.29 is 4.79 Å². The largest absolute Gasteiger partial charge is 0.299 e. The van der Waals surface area contributed by atoms with Gasteiger partial charge in [0.25, 0.3) is 0 Å². The van der Waals surface area contributed by atoms with Crippen molar-refractivity contribution in [3.63, 3.8) is 0 Å². The Labute approximate surface area is 118 Å². The summed E-state index contributed by atoms with van der Waals surface area (Å²) >= 11 is 11.8. The molecular formula is C15H18Cl2O. The van der Waals surface area contributed by atoms with E-state index in [-0.39, 0.29) is 5.92 Å². The highest BCUT2D eigenvalue weighted by Crippen LogP contribution is 2.30. The van der Waals surface area contributed by atoms with Gasteiger partial charge in [0.05, 0.1) is 10.0 Å². The van der Waals surface area contributed by atoms with E-state index in [1.165, 1.54) is 12.8 Å². The number of Topliss-reactive ketones (excluding diaryl/α,β-unsaturated/α-hetero) is 1. The van der Waals surface area contributed by atoms with Crippen molar-refractivity contribution in [2.24, 2.45) is 11.8 Å². The molecule has 1 aromatic rings. The number of carbonyl (C=O) groups is 1. The fourth-order valence-electron chi connectivity index (χ4n) is 2.72.